The van der Waals surface area contributed by atoms with Crippen LogP contribution in [-0.2, 0) is 4.79 Å². The number of carbonyl (C=O) groups is 1. The minimum absolute atomic E-state index is 0.152. The second-order valence-electron chi connectivity index (χ2n) is 4.83. The molecule has 3 fully saturated rings. The van der Waals surface area contributed by atoms with Crippen LogP contribution in [0.15, 0.2) is 0 Å². The summed E-state index contributed by atoms with van der Waals surface area (Å²) in [5.74, 6) is 2.05. The van der Waals surface area contributed by atoms with Crippen molar-refractivity contribution < 1.29 is 4.79 Å². The molecule has 72 valence electrons. The van der Waals surface area contributed by atoms with Crippen LogP contribution < -0.4 is 10.6 Å². The van der Waals surface area contributed by atoms with Crippen molar-refractivity contribution in [3.8, 4) is 0 Å². The summed E-state index contributed by atoms with van der Waals surface area (Å²) in [6.07, 6.45) is 2.21. The standard InChI is InChI=1S/C10H16N2O/c1-6-8-4-11-5-10(6,8)12-9(13)7-2-3-7/h6-8,11H,2-5H2,1H3,(H,12,13)/t6?,8?,10-/m1/s1. The molecule has 2 unspecified atom stereocenters. The molecular weight excluding hydrogens is 164 g/mol. The Morgan fingerprint density at radius 2 is 2.31 bits per heavy atom. The third kappa shape index (κ3) is 0.966. The fourth-order valence-corrected chi connectivity index (χ4v) is 2.74. The Bertz CT molecular complexity index is 262. The van der Waals surface area contributed by atoms with Crippen LogP contribution in [0.25, 0.3) is 0 Å². The van der Waals surface area contributed by atoms with Crippen molar-refractivity contribution in [3.05, 3.63) is 0 Å². The van der Waals surface area contributed by atoms with Gasteiger partial charge in [-0.3, -0.25) is 4.79 Å². The summed E-state index contributed by atoms with van der Waals surface area (Å²) >= 11 is 0. The maximum absolute atomic E-state index is 11.6. The van der Waals surface area contributed by atoms with Gasteiger partial charge in [-0.25, -0.2) is 0 Å². The maximum Gasteiger partial charge on any atom is 0.223 e. The zero-order valence-corrected chi connectivity index (χ0v) is 7.97. The SMILES string of the molecule is CC1C2CNC[C@@]12NC(=O)C1CC1. The number of rotatable bonds is 2. The lowest BCUT2D eigenvalue weighted by Crippen LogP contribution is -2.43. The summed E-state index contributed by atoms with van der Waals surface area (Å²) in [6, 6.07) is 0. The van der Waals surface area contributed by atoms with Gasteiger partial charge in [-0.1, -0.05) is 6.92 Å². The van der Waals surface area contributed by atoms with E-state index in [-0.39, 0.29) is 5.54 Å². The second kappa shape index (κ2) is 2.27. The average molecular weight is 180 g/mol. The van der Waals surface area contributed by atoms with Crippen LogP contribution in [0.3, 0.4) is 0 Å². The quantitative estimate of drug-likeness (QED) is 0.634. The lowest BCUT2D eigenvalue weighted by Gasteiger charge is -2.15. The van der Waals surface area contributed by atoms with E-state index in [1.807, 2.05) is 0 Å². The first-order chi connectivity index (χ1) is 6.24. The van der Waals surface area contributed by atoms with Crippen LogP contribution in [0, 0.1) is 17.8 Å². The number of nitrogens with one attached hydrogen (secondary N) is 2. The third-order valence-corrected chi connectivity index (χ3v) is 4.05. The molecule has 3 aliphatic rings. The van der Waals surface area contributed by atoms with E-state index in [2.05, 4.69) is 17.6 Å². The van der Waals surface area contributed by atoms with Crippen LogP contribution >= 0.6 is 0 Å². The highest BCUT2D eigenvalue weighted by atomic mass is 16.2. The Kier molecular flexibility index (Phi) is 1.36. The molecule has 3 nitrogen and oxygen atoms in total. The molecule has 1 aliphatic heterocycles. The van der Waals surface area contributed by atoms with Crippen LogP contribution in [0.4, 0.5) is 0 Å². The molecule has 0 spiro atoms. The molecule has 1 heterocycles. The van der Waals surface area contributed by atoms with Crippen molar-refractivity contribution in [2.24, 2.45) is 17.8 Å². The van der Waals surface area contributed by atoms with Crippen LogP contribution in [0.2, 0.25) is 0 Å². The van der Waals surface area contributed by atoms with Gasteiger partial charge in [-0.05, 0) is 18.8 Å². The number of hydrogen-bond donors (Lipinski definition) is 2. The molecule has 3 rings (SSSR count). The molecule has 0 aromatic heterocycles. The molecule has 2 N–H and O–H groups in total. The minimum atomic E-state index is 0.152. The van der Waals surface area contributed by atoms with Gasteiger partial charge in [0.1, 0.15) is 0 Å². The Hall–Kier alpha value is -0.570. The van der Waals surface area contributed by atoms with Gasteiger partial charge in [0.05, 0.1) is 5.54 Å². The summed E-state index contributed by atoms with van der Waals surface area (Å²) in [5.41, 5.74) is 0.152. The molecule has 0 radical (unpaired) electrons. The second-order valence-corrected chi connectivity index (χ2v) is 4.83. The molecule has 0 aromatic rings. The molecule has 2 aliphatic carbocycles. The Labute approximate surface area is 78.3 Å². The zero-order valence-electron chi connectivity index (χ0n) is 7.97. The van der Waals surface area contributed by atoms with Crippen LogP contribution in [-0.4, -0.2) is 24.5 Å². The van der Waals surface area contributed by atoms with Gasteiger partial charge >= 0.3 is 0 Å². The zero-order chi connectivity index (χ0) is 9.05. The van der Waals surface area contributed by atoms with Crippen molar-refractivity contribution in [1.29, 1.82) is 0 Å². The molecule has 2 saturated carbocycles. The predicted octanol–water partition coefficient (Wildman–Crippen LogP) is 0.120. The Morgan fingerprint density at radius 3 is 2.85 bits per heavy atom. The molecule has 0 aromatic carbocycles. The van der Waals surface area contributed by atoms with Gasteiger partial charge < -0.3 is 10.6 Å². The summed E-state index contributed by atoms with van der Waals surface area (Å²) < 4.78 is 0. The Morgan fingerprint density at radius 1 is 1.54 bits per heavy atom. The molecule has 13 heavy (non-hydrogen) atoms. The fourth-order valence-electron chi connectivity index (χ4n) is 2.74. The van der Waals surface area contributed by atoms with Crippen LogP contribution in [0.5, 0.6) is 0 Å². The van der Waals surface area contributed by atoms with Crippen LogP contribution in [0.1, 0.15) is 19.8 Å². The first-order valence-electron chi connectivity index (χ1n) is 5.27. The van der Waals surface area contributed by atoms with E-state index in [1.54, 1.807) is 0 Å². The first kappa shape index (κ1) is 7.80. The first-order valence-corrected chi connectivity index (χ1v) is 5.27. The van der Waals surface area contributed by atoms with Gasteiger partial charge in [0.25, 0.3) is 0 Å². The number of hydrogen-bond acceptors (Lipinski definition) is 2. The van der Waals surface area contributed by atoms with Gasteiger partial charge in [0.2, 0.25) is 5.91 Å². The highest BCUT2D eigenvalue weighted by Gasteiger charge is 2.65. The molecular formula is C10H16N2O. The van der Waals surface area contributed by atoms with Crippen molar-refractivity contribution in [2.45, 2.75) is 25.3 Å². The van der Waals surface area contributed by atoms with Crippen molar-refractivity contribution in [3.63, 3.8) is 0 Å². The van der Waals surface area contributed by atoms with Crippen molar-refractivity contribution in [2.75, 3.05) is 13.1 Å². The maximum atomic E-state index is 11.6. The van der Waals surface area contributed by atoms with Crippen molar-refractivity contribution in [1.82, 2.24) is 10.6 Å². The highest BCUT2D eigenvalue weighted by Crippen LogP contribution is 2.52. The average Bonchev–Trinajstić information content (AvgIpc) is 2.97. The molecule has 1 amide bonds. The van der Waals surface area contributed by atoms with E-state index in [9.17, 15) is 4.79 Å². The molecule has 3 atom stereocenters. The van der Waals surface area contributed by atoms with Gasteiger partial charge in [0.15, 0.2) is 0 Å². The van der Waals surface area contributed by atoms with Gasteiger partial charge in [-0.2, -0.15) is 0 Å². The topological polar surface area (TPSA) is 41.1 Å². The summed E-state index contributed by atoms with van der Waals surface area (Å²) in [5, 5.41) is 6.58. The number of amides is 1. The minimum Gasteiger partial charge on any atom is -0.349 e. The monoisotopic (exact) mass is 180 g/mol. The largest absolute Gasteiger partial charge is 0.349 e. The smallest absolute Gasteiger partial charge is 0.223 e. The fraction of sp³-hybridized carbons (Fsp3) is 0.900. The van der Waals surface area contributed by atoms with E-state index in [0.29, 0.717) is 23.7 Å². The molecule has 0 bridgehead atoms. The summed E-state index contributed by atoms with van der Waals surface area (Å²) in [4.78, 5) is 11.6. The molecule has 1 saturated heterocycles. The predicted molar refractivity (Wildman–Crippen MR) is 49.1 cm³/mol. The summed E-state index contributed by atoms with van der Waals surface area (Å²) in [7, 11) is 0. The van der Waals surface area contributed by atoms with E-state index in [4.69, 9.17) is 0 Å². The number of fused-ring (bicyclic) bond motifs is 1. The van der Waals surface area contributed by atoms with E-state index < -0.39 is 0 Å². The Balaban J connectivity index is 1.68. The number of piperidine rings is 1. The van der Waals surface area contributed by atoms with E-state index in [0.717, 1.165) is 25.9 Å². The van der Waals surface area contributed by atoms with E-state index >= 15 is 0 Å². The van der Waals surface area contributed by atoms with E-state index in [1.165, 1.54) is 0 Å². The lowest BCUT2D eigenvalue weighted by atomic mass is 10.2. The summed E-state index contributed by atoms with van der Waals surface area (Å²) in [6.45, 7) is 4.32. The highest BCUT2D eigenvalue weighted by molar-refractivity contribution is 5.82. The normalized spacial score (nSPS) is 47.2. The van der Waals surface area contributed by atoms with Crippen molar-refractivity contribution >= 4 is 5.91 Å². The molecule has 3 heteroatoms. The van der Waals surface area contributed by atoms with Gasteiger partial charge in [-0.15, -0.1) is 0 Å². The lowest BCUT2D eigenvalue weighted by molar-refractivity contribution is -0.123. The number of carbonyl (C=O) groups excluding carboxylic acids is 1. The third-order valence-electron chi connectivity index (χ3n) is 4.05. The van der Waals surface area contributed by atoms with Gasteiger partial charge in [0, 0.05) is 24.9 Å².